The van der Waals surface area contributed by atoms with Crippen LogP contribution in [-0.4, -0.2) is 249 Å². The van der Waals surface area contributed by atoms with Gasteiger partial charge in [-0.15, -0.1) is 6.58 Å². The van der Waals surface area contributed by atoms with E-state index in [1.54, 1.807) is 6.08 Å². The van der Waals surface area contributed by atoms with E-state index in [0.717, 1.165) is 0 Å². The molecule has 0 radical (unpaired) electrons. The Morgan fingerprint density at radius 1 is 0.400 bits per heavy atom. The molecule has 0 aliphatic carbocycles. The molecule has 22 heteroatoms. The lowest BCUT2D eigenvalue weighted by Gasteiger charge is -2.48. The van der Waals surface area contributed by atoms with Crippen molar-refractivity contribution in [2.45, 2.75) is 92.1 Å². The minimum absolute atomic E-state index is 0.0694. The number of rotatable bonds is 28. The fourth-order valence-electron chi connectivity index (χ4n) is 5.67. The van der Waals surface area contributed by atoms with E-state index in [-0.39, 0.29) is 26.4 Å². The van der Waals surface area contributed by atoms with Crippen molar-refractivity contribution in [3.63, 3.8) is 0 Å². The number of ether oxygens (including phenoxy) is 12. The van der Waals surface area contributed by atoms with Crippen molar-refractivity contribution in [3.8, 4) is 0 Å². The van der Waals surface area contributed by atoms with Crippen LogP contribution in [0.4, 0.5) is 0 Å². The Labute approximate surface area is 318 Å². The summed E-state index contributed by atoms with van der Waals surface area (Å²) in [5, 5.41) is 103. The topological polar surface area (TPSA) is 313 Å². The Bertz CT molecular complexity index is 995. The minimum atomic E-state index is -1.93. The highest BCUT2D eigenvalue weighted by molar-refractivity contribution is 4.96. The molecule has 3 rings (SSSR count). The van der Waals surface area contributed by atoms with Crippen LogP contribution in [0.2, 0.25) is 0 Å². The van der Waals surface area contributed by atoms with Gasteiger partial charge in [-0.2, -0.15) is 0 Å². The molecule has 3 aliphatic heterocycles. The molecule has 0 amide bonds. The predicted octanol–water partition coefficient (Wildman–Crippen LogP) is -6.26. The van der Waals surface area contributed by atoms with Crippen LogP contribution in [0.3, 0.4) is 0 Å². The summed E-state index contributed by atoms with van der Waals surface area (Å²) in [7, 11) is 0. The van der Waals surface area contributed by atoms with Crippen molar-refractivity contribution >= 4 is 0 Å². The van der Waals surface area contributed by atoms with E-state index in [9.17, 15) is 51.1 Å². The number of hydrogen-bond acceptors (Lipinski definition) is 22. The van der Waals surface area contributed by atoms with E-state index < -0.39 is 112 Å². The zero-order valence-corrected chi connectivity index (χ0v) is 30.6. The Morgan fingerprint density at radius 3 is 1.16 bits per heavy atom. The maximum absolute atomic E-state index is 10.9. The lowest BCUT2D eigenvalue weighted by Crippen LogP contribution is -2.66. The first-order valence-electron chi connectivity index (χ1n) is 18.1. The average molecular weight is 809 g/mol. The molecule has 3 saturated heterocycles. The second kappa shape index (κ2) is 26.8. The molecule has 3 aliphatic rings. The molecular formula is C33H60O22. The zero-order valence-electron chi connectivity index (χ0n) is 30.6. The average Bonchev–Trinajstić information content (AvgIpc) is 3.19. The van der Waals surface area contributed by atoms with Crippen molar-refractivity contribution in [2.75, 3.05) is 106 Å². The molecule has 0 saturated carbocycles. The lowest BCUT2D eigenvalue weighted by molar-refractivity contribution is -0.379. The molecule has 15 atom stereocenters. The van der Waals surface area contributed by atoms with Crippen LogP contribution in [0.15, 0.2) is 12.7 Å². The van der Waals surface area contributed by atoms with E-state index in [2.05, 4.69) is 6.58 Å². The standard InChI is InChI=1S/C33H60O22/c1-2-3-44-4-5-45-6-7-46-8-9-47-10-11-48-12-13-49-14-15-50-31-27(42)24(39)29(20(17-35)52-31)55-33-28(43)25(40)30(21(18-36)53-33)54-32-26(41)23(38)22(37)19(16-34)51-32/h2,19-43H,1,3-18H2/t19?,20-,21?,22-,23-,24?,25+,26?,27?,28?,29+,30-,31+,32+,33-/m0/s1. The van der Waals surface area contributed by atoms with Crippen LogP contribution in [0, 0.1) is 0 Å². The first-order valence-corrected chi connectivity index (χ1v) is 18.1. The lowest BCUT2D eigenvalue weighted by atomic mass is 9.96. The summed E-state index contributed by atoms with van der Waals surface area (Å²) < 4.78 is 65.4. The summed E-state index contributed by atoms with van der Waals surface area (Å²) in [5.41, 5.74) is 0. The van der Waals surface area contributed by atoms with Crippen LogP contribution in [0.1, 0.15) is 0 Å². The second-order valence-corrected chi connectivity index (χ2v) is 12.6. The van der Waals surface area contributed by atoms with Crippen LogP contribution in [0.25, 0.3) is 0 Å². The molecule has 3 heterocycles. The van der Waals surface area contributed by atoms with Crippen LogP contribution in [-0.2, 0) is 56.8 Å². The van der Waals surface area contributed by atoms with Gasteiger partial charge in [0.05, 0.1) is 106 Å². The van der Waals surface area contributed by atoms with Gasteiger partial charge in [-0.3, -0.25) is 0 Å². The summed E-state index contributed by atoms with van der Waals surface area (Å²) in [4.78, 5) is 0. The molecule has 324 valence electrons. The quantitative estimate of drug-likeness (QED) is 0.0260. The molecule has 10 N–H and O–H groups in total. The molecule has 0 bridgehead atoms. The number of aliphatic hydroxyl groups excluding tert-OH is 10. The minimum Gasteiger partial charge on any atom is -0.394 e. The molecule has 6 unspecified atom stereocenters. The van der Waals surface area contributed by atoms with Crippen LogP contribution >= 0.6 is 0 Å². The van der Waals surface area contributed by atoms with Gasteiger partial charge >= 0.3 is 0 Å². The Morgan fingerprint density at radius 2 is 0.745 bits per heavy atom. The van der Waals surface area contributed by atoms with Crippen molar-refractivity contribution in [1.82, 2.24) is 0 Å². The third kappa shape index (κ3) is 15.2. The van der Waals surface area contributed by atoms with Gasteiger partial charge < -0.3 is 108 Å². The highest BCUT2D eigenvalue weighted by Crippen LogP contribution is 2.32. The summed E-state index contributed by atoms with van der Waals surface area (Å²) in [6, 6.07) is 0. The molecular weight excluding hydrogens is 748 g/mol. The molecule has 0 aromatic carbocycles. The summed E-state index contributed by atoms with van der Waals surface area (Å²) in [6.45, 7) is 5.69. The van der Waals surface area contributed by atoms with E-state index in [1.807, 2.05) is 0 Å². The SMILES string of the molecule is C=CCOCCOCCOCCOCCOCCOCCO[C@@H]1O[C@@H](CO)[C@@H](O[C@@H]2OC(CO)[C@H](O[C@H]3OC(CO)[C@H](O)[C@H](O)C3O)[C@H](O)C2O)C(O)C1O. The fraction of sp³-hybridized carbons (Fsp3) is 0.939. The van der Waals surface area contributed by atoms with E-state index in [1.165, 1.54) is 0 Å². The Balaban J connectivity index is 1.30. The van der Waals surface area contributed by atoms with Gasteiger partial charge in [0.25, 0.3) is 0 Å². The van der Waals surface area contributed by atoms with Crippen LogP contribution < -0.4 is 0 Å². The highest BCUT2D eigenvalue weighted by Gasteiger charge is 2.53. The van der Waals surface area contributed by atoms with Crippen LogP contribution in [0.5, 0.6) is 0 Å². The summed E-state index contributed by atoms with van der Waals surface area (Å²) in [6.07, 6.45) is -23.1. The normalized spacial score (nSPS) is 36.9. The second-order valence-electron chi connectivity index (χ2n) is 12.6. The molecule has 0 aromatic rings. The van der Waals surface area contributed by atoms with Gasteiger partial charge in [0.15, 0.2) is 18.9 Å². The van der Waals surface area contributed by atoms with E-state index in [4.69, 9.17) is 56.8 Å². The van der Waals surface area contributed by atoms with Gasteiger partial charge in [0.1, 0.15) is 73.2 Å². The van der Waals surface area contributed by atoms with Gasteiger partial charge in [-0.05, 0) is 0 Å². The summed E-state index contributed by atoms with van der Waals surface area (Å²) in [5.74, 6) is 0. The van der Waals surface area contributed by atoms with Crippen molar-refractivity contribution in [3.05, 3.63) is 12.7 Å². The van der Waals surface area contributed by atoms with Crippen molar-refractivity contribution in [1.29, 1.82) is 0 Å². The Kier molecular flexibility index (Phi) is 23.5. The number of hydrogen-bond donors (Lipinski definition) is 10. The van der Waals surface area contributed by atoms with Gasteiger partial charge in [0.2, 0.25) is 0 Å². The summed E-state index contributed by atoms with van der Waals surface area (Å²) >= 11 is 0. The third-order valence-corrected chi connectivity index (χ3v) is 8.68. The number of aliphatic hydroxyl groups is 10. The highest BCUT2D eigenvalue weighted by atomic mass is 16.8. The zero-order chi connectivity index (χ0) is 40.2. The predicted molar refractivity (Wildman–Crippen MR) is 180 cm³/mol. The first kappa shape index (κ1) is 48.2. The van der Waals surface area contributed by atoms with Crippen molar-refractivity contribution in [2.24, 2.45) is 0 Å². The van der Waals surface area contributed by atoms with Crippen molar-refractivity contribution < 1.29 is 108 Å². The molecule has 0 aromatic heterocycles. The largest absolute Gasteiger partial charge is 0.394 e. The molecule has 0 spiro atoms. The maximum Gasteiger partial charge on any atom is 0.187 e. The van der Waals surface area contributed by atoms with Gasteiger partial charge in [0, 0.05) is 0 Å². The smallest absolute Gasteiger partial charge is 0.187 e. The monoisotopic (exact) mass is 808 g/mol. The molecule has 3 fully saturated rings. The third-order valence-electron chi connectivity index (χ3n) is 8.68. The fourth-order valence-corrected chi connectivity index (χ4v) is 5.67. The van der Waals surface area contributed by atoms with E-state index in [0.29, 0.717) is 59.5 Å². The van der Waals surface area contributed by atoms with E-state index >= 15 is 0 Å². The van der Waals surface area contributed by atoms with Gasteiger partial charge in [-0.25, -0.2) is 0 Å². The Hall–Kier alpha value is -1.14. The molecule has 22 nitrogen and oxygen atoms in total. The maximum atomic E-state index is 10.9. The first-order chi connectivity index (χ1) is 26.6. The van der Waals surface area contributed by atoms with Gasteiger partial charge in [-0.1, -0.05) is 6.08 Å². The molecule has 55 heavy (non-hydrogen) atoms.